The number of carbonyl (C=O) groups excluding carboxylic acids is 1. The van der Waals surface area contributed by atoms with Gasteiger partial charge in [-0.1, -0.05) is 30.3 Å². The molecule has 1 aliphatic carbocycles. The molecule has 1 saturated carbocycles. The van der Waals surface area contributed by atoms with Crippen LogP contribution in [0.15, 0.2) is 30.3 Å². The van der Waals surface area contributed by atoms with E-state index in [9.17, 15) is 4.79 Å². The Morgan fingerprint density at radius 2 is 2.09 bits per heavy atom. The number of benzene rings is 1. The van der Waals surface area contributed by atoms with Crippen molar-refractivity contribution in [1.29, 1.82) is 0 Å². The van der Waals surface area contributed by atoms with Crippen LogP contribution in [0.3, 0.4) is 0 Å². The van der Waals surface area contributed by atoms with Gasteiger partial charge in [0.2, 0.25) is 11.7 Å². The van der Waals surface area contributed by atoms with Crippen molar-refractivity contribution in [3.63, 3.8) is 0 Å². The van der Waals surface area contributed by atoms with Gasteiger partial charge < -0.3 is 4.90 Å². The van der Waals surface area contributed by atoms with Gasteiger partial charge in [-0.25, -0.2) is 0 Å². The summed E-state index contributed by atoms with van der Waals surface area (Å²) in [6.07, 6.45) is 3.76. The van der Waals surface area contributed by atoms with Crippen molar-refractivity contribution in [2.75, 3.05) is 7.05 Å². The number of hydrogen-bond donors (Lipinski definition) is 0. The molecular formula is C17H23N5O. The van der Waals surface area contributed by atoms with E-state index < -0.39 is 0 Å². The Bertz CT molecular complexity index is 650. The summed E-state index contributed by atoms with van der Waals surface area (Å²) >= 11 is 0. The van der Waals surface area contributed by atoms with Crippen LogP contribution in [-0.4, -0.2) is 44.1 Å². The standard InChI is InChI=1S/C17H23N5O/c1-13(14-10-11-14)21(2)16(23)9-6-12-22-19-17(18-20-22)15-7-4-3-5-8-15/h3-5,7-8,13-14H,6,9-12H2,1-2H3/t13-/m1/s1. The Hall–Kier alpha value is -2.24. The van der Waals surface area contributed by atoms with Crippen LogP contribution in [0.25, 0.3) is 11.4 Å². The zero-order valence-electron chi connectivity index (χ0n) is 13.7. The highest BCUT2D eigenvalue weighted by molar-refractivity contribution is 5.76. The Balaban J connectivity index is 1.47. The van der Waals surface area contributed by atoms with Gasteiger partial charge in [0, 0.05) is 25.1 Å². The molecule has 0 bridgehead atoms. The number of hydrogen-bond acceptors (Lipinski definition) is 4. The molecule has 1 aromatic carbocycles. The van der Waals surface area contributed by atoms with Crippen LogP contribution in [0.2, 0.25) is 0 Å². The summed E-state index contributed by atoms with van der Waals surface area (Å²) in [6, 6.07) is 10.1. The number of rotatable bonds is 7. The normalized spacial score (nSPS) is 15.4. The first-order chi connectivity index (χ1) is 11.1. The second-order valence-electron chi connectivity index (χ2n) is 6.26. The first-order valence-corrected chi connectivity index (χ1v) is 8.24. The molecule has 23 heavy (non-hydrogen) atoms. The van der Waals surface area contributed by atoms with E-state index in [1.165, 1.54) is 12.8 Å². The van der Waals surface area contributed by atoms with Crippen LogP contribution in [-0.2, 0) is 11.3 Å². The number of amides is 1. The van der Waals surface area contributed by atoms with Gasteiger partial charge in [-0.15, -0.1) is 10.2 Å². The van der Waals surface area contributed by atoms with E-state index in [0.717, 1.165) is 12.0 Å². The van der Waals surface area contributed by atoms with E-state index in [0.29, 0.717) is 30.7 Å². The predicted molar refractivity (Wildman–Crippen MR) is 87.4 cm³/mol. The van der Waals surface area contributed by atoms with E-state index in [2.05, 4.69) is 22.3 Å². The molecule has 0 radical (unpaired) electrons. The van der Waals surface area contributed by atoms with Crippen molar-refractivity contribution < 1.29 is 4.79 Å². The predicted octanol–water partition coefficient (Wildman–Crippen LogP) is 2.38. The average Bonchev–Trinajstić information content (AvgIpc) is 3.33. The maximum absolute atomic E-state index is 12.2. The number of nitrogens with zero attached hydrogens (tertiary/aromatic N) is 5. The van der Waals surface area contributed by atoms with Gasteiger partial charge in [-0.2, -0.15) is 4.80 Å². The summed E-state index contributed by atoms with van der Waals surface area (Å²) in [5.41, 5.74) is 0.952. The fraction of sp³-hybridized carbons (Fsp3) is 0.529. The molecule has 0 saturated heterocycles. The third kappa shape index (κ3) is 3.94. The van der Waals surface area contributed by atoms with Crippen molar-refractivity contribution in [3.05, 3.63) is 30.3 Å². The van der Waals surface area contributed by atoms with Crippen molar-refractivity contribution in [3.8, 4) is 11.4 Å². The van der Waals surface area contributed by atoms with Crippen LogP contribution < -0.4 is 0 Å². The van der Waals surface area contributed by atoms with Crippen LogP contribution >= 0.6 is 0 Å². The first-order valence-electron chi connectivity index (χ1n) is 8.24. The minimum Gasteiger partial charge on any atom is -0.343 e. The van der Waals surface area contributed by atoms with Gasteiger partial charge in [0.05, 0.1) is 6.54 Å². The smallest absolute Gasteiger partial charge is 0.222 e. The van der Waals surface area contributed by atoms with E-state index in [1.807, 2.05) is 42.3 Å². The summed E-state index contributed by atoms with van der Waals surface area (Å²) < 4.78 is 0. The van der Waals surface area contributed by atoms with Crippen molar-refractivity contribution in [2.24, 2.45) is 5.92 Å². The number of aromatic nitrogens is 4. The lowest BCUT2D eigenvalue weighted by Gasteiger charge is -2.24. The largest absolute Gasteiger partial charge is 0.343 e. The maximum Gasteiger partial charge on any atom is 0.222 e. The third-order valence-electron chi connectivity index (χ3n) is 4.54. The maximum atomic E-state index is 12.2. The third-order valence-corrected chi connectivity index (χ3v) is 4.54. The highest BCUT2D eigenvalue weighted by Gasteiger charge is 2.32. The van der Waals surface area contributed by atoms with Crippen molar-refractivity contribution in [2.45, 2.75) is 45.2 Å². The van der Waals surface area contributed by atoms with Gasteiger partial charge in [0.1, 0.15) is 0 Å². The van der Waals surface area contributed by atoms with Crippen LogP contribution in [0.4, 0.5) is 0 Å². The van der Waals surface area contributed by atoms with E-state index >= 15 is 0 Å². The molecule has 6 heteroatoms. The molecule has 1 amide bonds. The number of carbonyl (C=O) groups is 1. The van der Waals surface area contributed by atoms with Gasteiger partial charge >= 0.3 is 0 Å². The van der Waals surface area contributed by atoms with E-state index in [4.69, 9.17) is 0 Å². The minimum absolute atomic E-state index is 0.202. The lowest BCUT2D eigenvalue weighted by atomic mass is 10.1. The molecule has 2 aromatic rings. The first kappa shape index (κ1) is 15.6. The van der Waals surface area contributed by atoms with Gasteiger partial charge in [-0.3, -0.25) is 4.79 Å². The molecule has 0 unspecified atom stereocenters. The number of aryl methyl sites for hydroxylation is 1. The Morgan fingerprint density at radius 3 is 2.78 bits per heavy atom. The average molecular weight is 313 g/mol. The van der Waals surface area contributed by atoms with Crippen LogP contribution in [0.1, 0.15) is 32.6 Å². The second kappa shape index (κ2) is 6.89. The molecular weight excluding hydrogens is 290 g/mol. The quantitative estimate of drug-likeness (QED) is 0.787. The molecule has 0 N–H and O–H groups in total. The van der Waals surface area contributed by atoms with Gasteiger partial charge in [0.25, 0.3) is 0 Å². The van der Waals surface area contributed by atoms with Crippen LogP contribution in [0.5, 0.6) is 0 Å². The Morgan fingerprint density at radius 1 is 1.35 bits per heavy atom. The second-order valence-corrected chi connectivity index (χ2v) is 6.26. The fourth-order valence-electron chi connectivity index (χ4n) is 2.71. The summed E-state index contributed by atoms with van der Waals surface area (Å²) in [5, 5.41) is 12.5. The Labute approximate surface area is 136 Å². The summed E-state index contributed by atoms with van der Waals surface area (Å²) in [6.45, 7) is 2.75. The molecule has 0 aliphatic heterocycles. The van der Waals surface area contributed by atoms with Gasteiger partial charge in [0.15, 0.2) is 0 Å². The SMILES string of the molecule is C[C@H](C1CC1)N(C)C(=O)CCCn1nnc(-c2ccccc2)n1. The lowest BCUT2D eigenvalue weighted by molar-refractivity contribution is -0.132. The minimum atomic E-state index is 0.202. The zero-order chi connectivity index (χ0) is 16.2. The molecule has 6 nitrogen and oxygen atoms in total. The van der Waals surface area contributed by atoms with Crippen molar-refractivity contribution >= 4 is 5.91 Å². The van der Waals surface area contributed by atoms with Gasteiger partial charge in [-0.05, 0) is 37.3 Å². The monoisotopic (exact) mass is 313 g/mol. The fourth-order valence-corrected chi connectivity index (χ4v) is 2.71. The summed E-state index contributed by atoms with van der Waals surface area (Å²) in [4.78, 5) is 15.7. The van der Waals surface area contributed by atoms with Crippen LogP contribution in [0, 0.1) is 5.92 Å². The topological polar surface area (TPSA) is 63.9 Å². The lowest BCUT2D eigenvalue weighted by Crippen LogP contribution is -2.36. The highest BCUT2D eigenvalue weighted by atomic mass is 16.2. The molecule has 1 atom stereocenters. The van der Waals surface area contributed by atoms with Crippen molar-refractivity contribution in [1.82, 2.24) is 25.1 Å². The summed E-state index contributed by atoms with van der Waals surface area (Å²) in [7, 11) is 1.91. The molecule has 1 fully saturated rings. The zero-order valence-corrected chi connectivity index (χ0v) is 13.7. The van der Waals surface area contributed by atoms with E-state index in [-0.39, 0.29) is 5.91 Å². The van der Waals surface area contributed by atoms with E-state index in [1.54, 1.807) is 4.80 Å². The highest BCUT2D eigenvalue weighted by Crippen LogP contribution is 2.34. The Kier molecular flexibility index (Phi) is 4.69. The molecule has 1 aliphatic rings. The molecule has 122 valence electrons. The molecule has 0 spiro atoms. The number of tetrazole rings is 1. The summed E-state index contributed by atoms with van der Waals surface area (Å²) in [5.74, 6) is 1.53. The molecule has 3 rings (SSSR count). The molecule has 1 aromatic heterocycles. The molecule has 1 heterocycles.